The molecule has 0 unspecified atom stereocenters. The van der Waals surface area contributed by atoms with E-state index in [-0.39, 0.29) is 12.5 Å². The van der Waals surface area contributed by atoms with Crippen molar-refractivity contribution in [1.29, 1.82) is 0 Å². The molecule has 2 heterocycles. The average molecular weight is 639 g/mol. The number of nitrogens with one attached hydrogen (secondary N) is 2. The number of aliphatic hydroxyl groups excluding tert-OH is 2. The fraction of sp³-hybridized carbons (Fsp3) is 0.889. The molecule has 7 N–H and O–H groups in total. The Balaban J connectivity index is 1.79. The van der Waals surface area contributed by atoms with Crippen LogP contribution in [0.2, 0.25) is 0 Å². The van der Waals surface area contributed by atoms with Gasteiger partial charge in [-0.1, -0.05) is 6.92 Å². The molecule has 0 spiro atoms. The molecule has 1 amide bonds. The molecule has 11 atom stereocenters. The van der Waals surface area contributed by atoms with E-state index in [1.165, 1.54) is 14.0 Å². The Hall–Kier alpha value is -1.60. The summed E-state index contributed by atoms with van der Waals surface area (Å²) in [5.74, 6) is 0.334. The smallest absolute Gasteiger partial charge is 0.408 e. The molecule has 1 aliphatic carbocycles. The normalized spacial score (nSPS) is 39.1. The summed E-state index contributed by atoms with van der Waals surface area (Å²) in [6.45, 7) is 8.54. The van der Waals surface area contributed by atoms with E-state index >= 15 is 0 Å². The molecular formula is C27H50N4O11S. The van der Waals surface area contributed by atoms with Crippen molar-refractivity contribution in [2.75, 3.05) is 33.5 Å². The fourth-order valence-corrected chi connectivity index (χ4v) is 6.47. The van der Waals surface area contributed by atoms with Gasteiger partial charge in [0.25, 0.3) is 0 Å². The van der Waals surface area contributed by atoms with Crippen LogP contribution in [0.5, 0.6) is 0 Å². The van der Waals surface area contributed by atoms with Gasteiger partial charge in [-0.25, -0.2) is 13.2 Å². The van der Waals surface area contributed by atoms with E-state index in [9.17, 15) is 28.5 Å². The van der Waals surface area contributed by atoms with Crippen molar-refractivity contribution in [2.24, 2.45) is 11.7 Å². The molecule has 0 radical (unpaired) electrons. The van der Waals surface area contributed by atoms with Gasteiger partial charge < -0.3 is 55.4 Å². The molecule has 2 fully saturated rings. The molecule has 250 valence electrons. The van der Waals surface area contributed by atoms with Gasteiger partial charge in [0.05, 0.1) is 37.6 Å². The number of nitrogens with two attached hydrogens (primary N) is 1. The first-order valence-electron chi connectivity index (χ1n) is 14.4. The molecule has 0 aromatic heterocycles. The Morgan fingerprint density at radius 3 is 2.42 bits per heavy atom. The van der Waals surface area contributed by atoms with E-state index in [4.69, 9.17) is 29.4 Å². The minimum Gasteiger partial charge on any atom is -0.466 e. The number of hydrogen-bond donors (Lipinski definition) is 6. The van der Waals surface area contributed by atoms with Crippen LogP contribution in [-0.4, -0.2) is 134 Å². The van der Waals surface area contributed by atoms with Gasteiger partial charge in [-0.15, -0.1) is 0 Å². The Labute approximate surface area is 254 Å². The second kappa shape index (κ2) is 13.8. The van der Waals surface area contributed by atoms with Gasteiger partial charge in [-0.3, -0.25) is 0 Å². The van der Waals surface area contributed by atoms with Crippen LogP contribution in [-0.2, 0) is 33.7 Å². The maximum absolute atomic E-state index is 12.6. The highest BCUT2D eigenvalue weighted by atomic mass is 32.2. The first kappa shape index (κ1) is 35.9. The summed E-state index contributed by atoms with van der Waals surface area (Å²) in [5.41, 5.74) is 3.95. The molecular weight excluding hydrogens is 588 g/mol. The standard InChI is InChI=1S/C27H50N4O11S/c1-14-11-16(28)21(41-24-19(33)22(27(5,35)13-38-24)31(7)43(8,36)37)18(32)20(14)40-23-17(10-9-15(39-23)12-29-6)30-25(34)42-26(2,3)4/h9,14,16-24,29,32-33,35H,10-13,28H2,1-8H3,(H,30,34)/t14-,16+,17+,18-,19+,20+,21-,22+,23+,24+,27-/m0/s1. The van der Waals surface area contributed by atoms with Crippen LogP contribution in [0.1, 0.15) is 47.5 Å². The third-order valence-electron chi connectivity index (χ3n) is 7.83. The van der Waals surface area contributed by atoms with E-state index in [0.717, 1.165) is 10.6 Å². The van der Waals surface area contributed by atoms with Crippen molar-refractivity contribution in [1.82, 2.24) is 14.9 Å². The lowest BCUT2D eigenvalue weighted by atomic mass is 9.80. The maximum Gasteiger partial charge on any atom is 0.408 e. The van der Waals surface area contributed by atoms with Crippen LogP contribution < -0.4 is 16.4 Å². The quantitative estimate of drug-likeness (QED) is 0.178. The monoisotopic (exact) mass is 638 g/mol. The summed E-state index contributed by atoms with van der Waals surface area (Å²) < 4.78 is 54.8. The summed E-state index contributed by atoms with van der Waals surface area (Å²) in [7, 11) is -0.793. The lowest BCUT2D eigenvalue weighted by molar-refractivity contribution is -0.310. The van der Waals surface area contributed by atoms with Crippen LogP contribution in [0, 0.1) is 5.92 Å². The van der Waals surface area contributed by atoms with Crippen molar-refractivity contribution in [3.8, 4) is 0 Å². The molecule has 43 heavy (non-hydrogen) atoms. The first-order valence-corrected chi connectivity index (χ1v) is 16.3. The van der Waals surface area contributed by atoms with Crippen molar-refractivity contribution in [3.63, 3.8) is 0 Å². The van der Waals surface area contributed by atoms with Crippen molar-refractivity contribution >= 4 is 16.1 Å². The second-order valence-electron chi connectivity index (χ2n) is 13.0. The lowest BCUT2D eigenvalue weighted by Crippen LogP contribution is -2.68. The number of nitrogens with zero attached hydrogens (tertiary/aromatic N) is 1. The Morgan fingerprint density at radius 1 is 1.21 bits per heavy atom. The number of rotatable bonds is 9. The number of amides is 1. The number of likely N-dealkylation sites (N-methyl/N-ethyl adjacent to an activating group) is 2. The first-order chi connectivity index (χ1) is 19.7. The minimum atomic E-state index is -3.80. The third-order valence-corrected chi connectivity index (χ3v) is 9.10. The lowest BCUT2D eigenvalue weighted by Gasteiger charge is -2.49. The number of carbonyl (C=O) groups is 1. The van der Waals surface area contributed by atoms with Gasteiger partial charge in [0.1, 0.15) is 35.3 Å². The van der Waals surface area contributed by atoms with E-state index in [0.29, 0.717) is 25.1 Å². The molecule has 3 rings (SSSR count). The summed E-state index contributed by atoms with van der Waals surface area (Å²) in [5, 5.41) is 39.2. The predicted molar refractivity (Wildman–Crippen MR) is 155 cm³/mol. The zero-order valence-corrected chi connectivity index (χ0v) is 27.0. The molecule has 0 aromatic rings. The highest BCUT2D eigenvalue weighted by Gasteiger charge is 2.53. The topological polar surface area (TPSA) is 211 Å². The van der Waals surface area contributed by atoms with E-state index in [1.807, 2.05) is 13.0 Å². The van der Waals surface area contributed by atoms with E-state index < -0.39 is 82.4 Å². The van der Waals surface area contributed by atoms with Crippen LogP contribution in [0.3, 0.4) is 0 Å². The zero-order valence-electron chi connectivity index (χ0n) is 26.2. The second-order valence-corrected chi connectivity index (χ2v) is 15.0. The van der Waals surface area contributed by atoms with Gasteiger partial charge in [-0.2, -0.15) is 4.31 Å². The summed E-state index contributed by atoms with van der Waals surface area (Å²) in [6.07, 6.45) is -4.41. The number of hydrogen-bond acceptors (Lipinski definition) is 13. The van der Waals surface area contributed by atoms with Gasteiger partial charge >= 0.3 is 6.09 Å². The molecule has 0 bridgehead atoms. The van der Waals surface area contributed by atoms with Crippen LogP contribution in [0.4, 0.5) is 4.79 Å². The van der Waals surface area contributed by atoms with Gasteiger partial charge in [-0.05, 0) is 59.6 Å². The number of sulfonamides is 1. The zero-order chi connectivity index (χ0) is 32.5. The number of carbonyl (C=O) groups excluding carboxylic acids is 1. The average Bonchev–Trinajstić information content (AvgIpc) is 2.85. The van der Waals surface area contributed by atoms with Crippen LogP contribution >= 0.6 is 0 Å². The largest absolute Gasteiger partial charge is 0.466 e. The van der Waals surface area contributed by atoms with Gasteiger partial charge in [0.15, 0.2) is 6.29 Å². The summed E-state index contributed by atoms with van der Waals surface area (Å²) >= 11 is 0. The Morgan fingerprint density at radius 2 is 1.84 bits per heavy atom. The van der Waals surface area contributed by atoms with Crippen molar-refractivity contribution in [3.05, 3.63) is 11.8 Å². The maximum atomic E-state index is 12.6. The molecule has 16 heteroatoms. The summed E-state index contributed by atoms with van der Waals surface area (Å²) in [4.78, 5) is 12.6. The molecule has 1 saturated heterocycles. The number of alkyl carbamates (subject to hydrolysis) is 1. The Bertz CT molecular complexity index is 1100. The Kier molecular flexibility index (Phi) is 11.5. The van der Waals surface area contributed by atoms with Crippen molar-refractivity contribution in [2.45, 2.75) is 114 Å². The highest BCUT2D eigenvalue weighted by molar-refractivity contribution is 7.88. The molecule has 0 aromatic carbocycles. The summed E-state index contributed by atoms with van der Waals surface area (Å²) in [6, 6.07) is -2.63. The molecule has 3 aliphatic rings. The van der Waals surface area contributed by atoms with E-state index in [2.05, 4.69) is 10.6 Å². The third kappa shape index (κ3) is 8.99. The minimum absolute atomic E-state index is 0.267. The fourth-order valence-electron chi connectivity index (χ4n) is 5.71. The highest BCUT2D eigenvalue weighted by Crippen LogP contribution is 2.35. The molecule has 2 aliphatic heterocycles. The van der Waals surface area contributed by atoms with Crippen molar-refractivity contribution < 1.29 is 52.2 Å². The van der Waals surface area contributed by atoms with Crippen LogP contribution in [0.25, 0.3) is 0 Å². The molecule has 15 nitrogen and oxygen atoms in total. The van der Waals surface area contributed by atoms with Gasteiger partial charge in [0.2, 0.25) is 16.3 Å². The predicted octanol–water partition coefficient (Wildman–Crippen LogP) is -1.04. The number of ether oxygens (including phenoxy) is 5. The van der Waals surface area contributed by atoms with Gasteiger partial charge in [0, 0.05) is 13.1 Å². The SMILES string of the molecule is CNCC1=CC[C@@H](NC(=O)OC(C)(C)C)[C@@H](O[C@H]2[C@H](O)[C@@H](O[C@H]3OC[C@](C)(O)[C@H](N(C)S(C)(=O)=O)[C@H]3O)[C@H](N)C[C@@H]2C)O1. The molecule has 1 saturated carbocycles. The van der Waals surface area contributed by atoms with E-state index in [1.54, 1.807) is 27.8 Å². The van der Waals surface area contributed by atoms with Crippen LogP contribution in [0.15, 0.2) is 11.8 Å². The number of aliphatic hydroxyl groups is 3.